The summed E-state index contributed by atoms with van der Waals surface area (Å²) in [6.07, 6.45) is 3.42. The van der Waals surface area contributed by atoms with Crippen molar-refractivity contribution in [2.75, 3.05) is 13.1 Å². The van der Waals surface area contributed by atoms with Gasteiger partial charge in [0.05, 0.1) is 11.2 Å². The molecule has 166 valence electrons. The van der Waals surface area contributed by atoms with E-state index in [9.17, 15) is 5.11 Å². The number of fused-ring (bicyclic) bond motifs is 1. The first-order chi connectivity index (χ1) is 15.6. The van der Waals surface area contributed by atoms with E-state index in [-0.39, 0.29) is 11.6 Å². The predicted octanol–water partition coefficient (Wildman–Crippen LogP) is 6.44. The molecule has 1 aromatic heterocycles. The summed E-state index contributed by atoms with van der Waals surface area (Å²) in [4.78, 5) is 0. The number of hydrogen-bond donors (Lipinski definition) is 2. The summed E-state index contributed by atoms with van der Waals surface area (Å²) < 4.78 is 17.6. The average Bonchev–Trinajstić information content (AvgIpc) is 3.06. The quantitative estimate of drug-likeness (QED) is 0.300. The van der Waals surface area contributed by atoms with E-state index in [0.717, 1.165) is 41.7 Å². The second-order valence-electron chi connectivity index (χ2n) is 8.44. The average molecular weight is 431 g/mol. The van der Waals surface area contributed by atoms with Crippen LogP contribution in [0.4, 0.5) is 4.39 Å². The lowest BCUT2D eigenvalue weighted by molar-refractivity contribution is 0.476. The number of nitrogens with zero attached hydrogens (tertiary/aromatic N) is 1. The van der Waals surface area contributed by atoms with Crippen molar-refractivity contribution < 1.29 is 9.50 Å². The Hall–Kier alpha value is -3.11. The van der Waals surface area contributed by atoms with Crippen molar-refractivity contribution in [2.24, 2.45) is 0 Å². The molecule has 0 atom stereocenters. The minimum atomic E-state index is -0.292. The fourth-order valence-corrected chi connectivity index (χ4v) is 4.22. The van der Waals surface area contributed by atoms with Crippen LogP contribution in [0.25, 0.3) is 22.2 Å². The van der Waals surface area contributed by atoms with E-state index in [0.29, 0.717) is 17.6 Å². The fourth-order valence-electron chi connectivity index (χ4n) is 4.22. The van der Waals surface area contributed by atoms with Gasteiger partial charge in [0, 0.05) is 17.5 Å². The summed E-state index contributed by atoms with van der Waals surface area (Å²) in [5, 5.41) is 13.9. The normalized spacial score (nSPS) is 11.3. The van der Waals surface area contributed by atoms with Crippen LogP contribution in [0.1, 0.15) is 36.5 Å². The molecule has 2 N–H and O–H groups in total. The van der Waals surface area contributed by atoms with Gasteiger partial charge in [0.25, 0.3) is 0 Å². The van der Waals surface area contributed by atoms with Crippen LogP contribution < -0.4 is 5.32 Å². The molecule has 3 aromatic carbocycles. The highest BCUT2D eigenvalue weighted by Crippen LogP contribution is 2.36. The van der Waals surface area contributed by atoms with Crippen LogP contribution >= 0.6 is 0 Å². The molecule has 0 bridgehead atoms. The minimum absolute atomic E-state index is 0.0711. The van der Waals surface area contributed by atoms with Crippen molar-refractivity contribution in [1.82, 2.24) is 9.88 Å². The van der Waals surface area contributed by atoms with Crippen molar-refractivity contribution in [3.05, 3.63) is 89.2 Å². The Morgan fingerprint density at radius 2 is 1.69 bits per heavy atom. The predicted molar refractivity (Wildman–Crippen MR) is 131 cm³/mol. The number of nitrogens with one attached hydrogen (secondary N) is 1. The van der Waals surface area contributed by atoms with Crippen LogP contribution in [-0.4, -0.2) is 22.8 Å². The lowest BCUT2D eigenvalue weighted by atomic mass is 10.0. The molecule has 4 heteroatoms. The monoisotopic (exact) mass is 430 g/mol. The Balaban J connectivity index is 1.64. The summed E-state index contributed by atoms with van der Waals surface area (Å²) in [5.41, 5.74) is 5.65. The number of aromatic nitrogens is 1. The number of hydrogen-bond acceptors (Lipinski definition) is 2. The molecule has 0 saturated heterocycles. The van der Waals surface area contributed by atoms with Gasteiger partial charge < -0.3 is 15.0 Å². The van der Waals surface area contributed by atoms with Gasteiger partial charge in [0.2, 0.25) is 0 Å². The standard InChI is InChI=1S/C28H31FN2O/c1-3-4-16-30-17-15-21-9-11-22(12-10-21)19-31-26-14-13-23(32)18-25(26)27(29)28(31)24-8-6-5-7-20(24)2/h5-14,18,30,32H,3-4,15-17,19H2,1-2H3. The Kier molecular flexibility index (Phi) is 6.91. The molecular formula is C28H31FN2O. The summed E-state index contributed by atoms with van der Waals surface area (Å²) in [5.74, 6) is -0.221. The third kappa shape index (κ3) is 4.71. The van der Waals surface area contributed by atoms with E-state index in [1.54, 1.807) is 12.1 Å². The first-order valence-electron chi connectivity index (χ1n) is 11.4. The molecule has 32 heavy (non-hydrogen) atoms. The molecule has 4 rings (SSSR count). The lowest BCUT2D eigenvalue weighted by Crippen LogP contribution is -2.18. The summed E-state index contributed by atoms with van der Waals surface area (Å²) >= 11 is 0. The van der Waals surface area contributed by atoms with Crippen LogP contribution in [0.5, 0.6) is 5.75 Å². The van der Waals surface area contributed by atoms with E-state index in [4.69, 9.17) is 0 Å². The van der Waals surface area contributed by atoms with Crippen LogP contribution in [0.2, 0.25) is 0 Å². The number of rotatable bonds is 9. The van der Waals surface area contributed by atoms with Crippen LogP contribution in [0, 0.1) is 12.7 Å². The topological polar surface area (TPSA) is 37.2 Å². The molecular weight excluding hydrogens is 399 g/mol. The summed E-state index contributed by atoms with van der Waals surface area (Å²) in [6, 6.07) is 21.4. The van der Waals surface area contributed by atoms with Gasteiger partial charge in [-0.05, 0) is 67.7 Å². The molecule has 0 aliphatic rings. The molecule has 0 aliphatic heterocycles. The number of benzene rings is 3. The van der Waals surface area contributed by atoms with E-state index >= 15 is 4.39 Å². The van der Waals surface area contributed by atoms with E-state index in [2.05, 4.69) is 36.5 Å². The van der Waals surface area contributed by atoms with Gasteiger partial charge in [-0.2, -0.15) is 0 Å². The molecule has 0 unspecified atom stereocenters. The van der Waals surface area contributed by atoms with E-state index < -0.39 is 0 Å². The Bertz CT molecular complexity index is 1190. The number of phenolic OH excluding ortho intramolecular Hbond substituents is 1. The number of unbranched alkanes of at least 4 members (excludes halogenated alkanes) is 1. The highest BCUT2D eigenvalue weighted by Gasteiger charge is 2.20. The minimum Gasteiger partial charge on any atom is -0.508 e. The number of phenols is 1. The number of halogens is 1. The van der Waals surface area contributed by atoms with Gasteiger partial charge in [0.15, 0.2) is 5.82 Å². The van der Waals surface area contributed by atoms with E-state index in [1.165, 1.54) is 24.5 Å². The highest BCUT2D eigenvalue weighted by atomic mass is 19.1. The third-order valence-electron chi connectivity index (χ3n) is 6.05. The van der Waals surface area contributed by atoms with Gasteiger partial charge in [0.1, 0.15) is 5.75 Å². The molecule has 0 amide bonds. The third-order valence-corrected chi connectivity index (χ3v) is 6.05. The van der Waals surface area contributed by atoms with Crippen molar-refractivity contribution in [1.29, 1.82) is 0 Å². The Morgan fingerprint density at radius 1 is 0.938 bits per heavy atom. The van der Waals surface area contributed by atoms with Gasteiger partial charge >= 0.3 is 0 Å². The zero-order valence-electron chi connectivity index (χ0n) is 18.9. The van der Waals surface area contributed by atoms with Gasteiger partial charge in [-0.3, -0.25) is 0 Å². The van der Waals surface area contributed by atoms with Crippen LogP contribution in [0.3, 0.4) is 0 Å². The highest BCUT2D eigenvalue weighted by molar-refractivity contribution is 5.89. The first-order valence-corrected chi connectivity index (χ1v) is 11.4. The largest absolute Gasteiger partial charge is 0.508 e. The Morgan fingerprint density at radius 3 is 2.44 bits per heavy atom. The van der Waals surface area contributed by atoms with Crippen LogP contribution in [0.15, 0.2) is 66.7 Å². The molecule has 0 saturated carbocycles. The summed E-state index contributed by atoms with van der Waals surface area (Å²) in [6.45, 7) is 6.81. The summed E-state index contributed by atoms with van der Waals surface area (Å²) in [7, 11) is 0. The van der Waals surface area contributed by atoms with Crippen LogP contribution in [-0.2, 0) is 13.0 Å². The zero-order valence-corrected chi connectivity index (χ0v) is 18.9. The van der Waals surface area contributed by atoms with Crippen molar-refractivity contribution in [3.8, 4) is 17.0 Å². The molecule has 0 spiro atoms. The Labute approximate surface area is 189 Å². The maximum Gasteiger partial charge on any atom is 0.156 e. The second kappa shape index (κ2) is 10.0. The smallest absolute Gasteiger partial charge is 0.156 e. The zero-order chi connectivity index (χ0) is 22.5. The maximum atomic E-state index is 15.6. The van der Waals surface area contributed by atoms with Crippen molar-refractivity contribution in [2.45, 2.75) is 39.7 Å². The molecule has 4 aromatic rings. The molecule has 0 fully saturated rings. The number of aryl methyl sites for hydroxylation is 1. The molecule has 3 nitrogen and oxygen atoms in total. The first kappa shape index (κ1) is 22.1. The molecule has 0 aliphatic carbocycles. The van der Waals surface area contributed by atoms with Crippen molar-refractivity contribution in [3.63, 3.8) is 0 Å². The lowest BCUT2D eigenvalue weighted by Gasteiger charge is -2.13. The molecule has 0 radical (unpaired) electrons. The molecule has 1 heterocycles. The maximum absolute atomic E-state index is 15.6. The van der Waals surface area contributed by atoms with E-state index in [1.807, 2.05) is 35.8 Å². The van der Waals surface area contributed by atoms with Crippen molar-refractivity contribution >= 4 is 10.9 Å². The van der Waals surface area contributed by atoms with Gasteiger partial charge in [-0.25, -0.2) is 4.39 Å². The SMILES string of the molecule is CCCCNCCc1ccc(Cn2c(-c3ccccc3C)c(F)c3cc(O)ccc32)cc1. The van der Waals surface area contributed by atoms with Gasteiger partial charge in [-0.1, -0.05) is 61.9 Å². The fraction of sp³-hybridized carbons (Fsp3) is 0.286. The second-order valence-corrected chi connectivity index (χ2v) is 8.44. The number of aromatic hydroxyl groups is 1. The van der Waals surface area contributed by atoms with Gasteiger partial charge in [-0.15, -0.1) is 0 Å².